The number of para-hydroxylation sites is 5. The van der Waals surface area contributed by atoms with Gasteiger partial charge in [0.1, 0.15) is 11.6 Å². The molecule has 0 atom stereocenters. The van der Waals surface area contributed by atoms with Crippen molar-refractivity contribution in [3.8, 4) is 17.3 Å². The van der Waals surface area contributed by atoms with Gasteiger partial charge in [0.05, 0.1) is 38.8 Å². The second-order valence-electron chi connectivity index (χ2n) is 12.8. The van der Waals surface area contributed by atoms with Crippen molar-refractivity contribution in [2.75, 3.05) is 0 Å². The monoisotopic (exact) mass is 624 g/mol. The molecule has 0 saturated carbocycles. The lowest BCUT2D eigenvalue weighted by molar-refractivity contribution is 0.997. The molecule has 7 aromatic carbocycles. The van der Waals surface area contributed by atoms with E-state index in [0.717, 1.165) is 39.4 Å². The first-order valence-corrected chi connectivity index (χ1v) is 16.7. The largest absolute Gasteiger partial charge is 0.309 e. The van der Waals surface area contributed by atoms with Crippen molar-refractivity contribution in [1.82, 2.24) is 18.7 Å². The van der Waals surface area contributed by atoms with Crippen LogP contribution in [0.25, 0.3) is 93.5 Å². The first-order chi connectivity index (χ1) is 24.3. The molecule has 4 aromatic heterocycles. The molecule has 4 nitrogen and oxygen atoms in total. The zero-order chi connectivity index (χ0) is 32.1. The Morgan fingerprint density at radius 1 is 0.306 bits per heavy atom. The molecule has 0 N–H and O–H groups in total. The molecule has 4 heteroatoms. The highest BCUT2D eigenvalue weighted by Gasteiger charge is 2.21. The van der Waals surface area contributed by atoms with Gasteiger partial charge in [-0.25, -0.2) is 4.98 Å². The molecular weight excluding hydrogens is 597 g/mol. The summed E-state index contributed by atoms with van der Waals surface area (Å²) in [6, 6.07) is 61.1. The van der Waals surface area contributed by atoms with E-state index in [9.17, 15) is 0 Å². The van der Waals surface area contributed by atoms with Crippen LogP contribution >= 0.6 is 0 Å². The van der Waals surface area contributed by atoms with Crippen LogP contribution in [0.1, 0.15) is 0 Å². The van der Waals surface area contributed by atoms with Gasteiger partial charge in [-0.05, 0) is 47.2 Å². The second-order valence-corrected chi connectivity index (χ2v) is 12.8. The van der Waals surface area contributed by atoms with Gasteiger partial charge in [0.2, 0.25) is 0 Å². The van der Waals surface area contributed by atoms with Crippen molar-refractivity contribution in [3.63, 3.8) is 0 Å². The summed E-state index contributed by atoms with van der Waals surface area (Å²) in [4.78, 5) is 5.58. The van der Waals surface area contributed by atoms with E-state index < -0.39 is 0 Å². The summed E-state index contributed by atoms with van der Waals surface area (Å²) in [5, 5.41) is 9.84. The standard InChI is InChI=1S/C45H28N4/c1-2-14-31-29(13-1)25-26-42-45(31)36-19-7-12-24-41(36)49(42)44-28-30(47-37-20-8-3-15-32(37)33-16-4-9-21-38(33)47)27-43(46-44)48-39-22-10-5-17-34(39)35-18-6-11-23-40(35)48/h1-28H. The number of pyridine rings is 1. The number of benzene rings is 7. The molecule has 49 heavy (non-hydrogen) atoms. The molecule has 0 saturated heterocycles. The van der Waals surface area contributed by atoms with Gasteiger partial charge in [-0.3, -0.25) is 9.13 Å². The summed E-state index contributed by atoms with van der Waals surface area (Å²) in [5.41, 5.74) is 7.94. The van der Waals surface area contributed by atoms with Crippen LogP contribution in [0.2, 0.25) is 0 Å². The Kier molecular flexibility index (Phi) is 5.35. The van der Waals surface area contributed by atoms with Crippen molar-refractivity contribution in [3.05, 3.63) is 170 Å². The van der Waals surface area contributed by atoms with Crippen molar-refractivity contribution in [2.45, 2.75) is 0 Å². The maximum Gasteiger partial charge on any atom is 0.142 e. The SMILES string of the molecule is c1ccc2c(c1)ccc1c2c2ccccc2n1-c1cc(-n2c3ccccc3c3ccccc32)cc(-n2c3ccccc3c3ccccc32)n1. The van der Waals surface area contributed by atoms with Crippen LogP contribution in [0.15, 0.2) is 170 Å². The number of rotatable bonds is 3. The topological polar surface area (TPSA) is 27.7 Å². The van der Waals surface area contributed by atoms with Gasteiger partial charge in [0.25, 0.3) is 0 Å². The van der Waals surface area contributed by atoms with Gasteiger partial charge in [-0.1, -0.05) is 121 Å². The lowest BCUT2D eigenvalue weighted by Gasteiger charge is -2.16. The minimum atomic E-state index is 0.873. The Hall–Kier alpha value is -6.65. The third-order valence-electron chi connectivity index (χ3n) is 10.2. The number of aromatic nitrogens is 4. The van der Waals surface area contributed by atoms with Gasteiger partial charge in [-0.2, -0.15) is 0 Å². The zero-order valence-electron chi connectivity index (χ0n) is 26.5. The van der Waals surface area contributed by atoms with Gasteiger partial charge < -0.3 is 4.57 Å². The molecule has 0 bridgehead atoms. The van der Waals surface area contributed by atoms with Gasteiger partial charge in [-0.15, -0.1) is 0 Å². The van der Waals surface area contributed by atoms with Gasteiger partial charge in [0.15, 0.2) is 0 Å². The molecule has 0 radical (unpaired) electrons. The summed E-state index contributed by atoms with van der Waals surface area (Å²) >= 11 is 0. The fourth-order valence-corrected chi connectivity index (χ4v) is 8.20. The minimum absolute atomic E-state index is 0.873. The first kappa shape index (κ1) is 26.4. The molecule has 11 aromatic rings. The predicted molar refractivity (Wildman–Crippen MR) is 205 cm³/mol. The Balaban J connectivity index is 1.32. The van der Waals surface area contributed by atoms with E-state index in [0.29, 0.717) is 0 Å². The number of hydrogen-bond donors (Lipinski definition) is 0. The van der Waals surface area contributed by atoms with Crippen molar-refractivity contribution in [2.24, 2.45) is 0 Å². The normalized spacial score (nSPS) is 12.1. The molecule has 0 aliphatic carbocycles. The molecule has 0 fully saturated rings. The Bertz CT molecular complexity index is 2880. The average molecular weight is 625 g/mol. The van der Waals surface area contributed by atoms with E-state index in [1.807, 2.05) is 0 Å². The fourth-order valence-electron chi connectivity index (χ4n) is 8.20. The van der Waals surface area contributed by atoms with E-state index in [1.165, 1.54) is 54.1 Å². The summed E-state index contributed by atoms with van der Waals surface area (Å²) in [7, 11) is 0. The molecule has 11 rings (SSSR count). The van der Waals surface area contributed by atoms with E-state index in [-0.39, 0.29) is 0 Å². The maximum absolute atomic E-state index is 5.58. The summed E-state index contributed by atoms with van der Waals surface area (Å²) < 4.78 is 7.08. The van der Waals surface area contributed by atoms with Crippen LogP contribution < -0.4 is 0 Å². The molecule has 0 aliphatic heterocycles. The molecular formula is C45H28N4. The second kappa shape index (κ2) is 9.93. The van der Waals surface area contributed by atoms with Crippen LogP contribution in [-0.2, 0) is 0 Å². The zero-order valence-corrected chi connectivity index (χ0v) is 26.5. The minimum Gasteiger partial charge on any atom is -0.309 e. The molecule has 0 amide bonds. The molecule has 0 aliphatic rings. The molecule has 228 valence electrons. The van der Waals surface area contributed by atoms with Crippen molar-refractivity contribution < 1.29 is 0 Å². The highest BCUT2D eigenvalue weighted by molar-refractivity contribution is 6.21. The van der Waals surface area contributed by atoms with Gasteiger partial charge >= 0.3 is 0 Å². The molecule has 4 heterocycles. The quantitative estimate of drug-likeness (QED) is 0.192. The number of nitrogens with zero attached hydrogens (tertiary/aromatic N) is 4. The Labute approximate surface area is 281 Å². The van der Waals surface area contributed by atoms with Crippen molar-refractivity contribution in [1.29, 1.82) is 0 Å². The Morgan fingerprint density at radius 2 is 0.694 bits per heavy atom. The van der Waals surface area contributed by atoms with Crippen molar-refractivity contribution >= 4 is 76.2 Å². The van der Waals surface area contributed by atoms with Crippen LogP contribution in [0.5, 0.6) is 0 Å². The number of fused-ring (bicyclic) bond motifs is 11. The maximum atomic E-state index is 5.58. The predicted octanol–water partition coefficient (Wildman–Crippen LogP) is 11.5. The van der Waals surface area contributed by atoms with E-state index >= 15 is 0 Å². The lowest BCUT2D eigenvalue weighted by Crippen LogP contribution is -2.06. The van der Waals surface area contributed by atoms with Gasteiger partial charge in [0, 0.05) is 44.5 Å². The lowest BCUT2D eigenvalue weighted by atomic mass is 10.0. The van der Waals surface area contributed by atoms with E-state index in [4.69, 9.17) is 4.98 Å². The molecule has 0 spiro atoms. The third-order valence-corrected chi connectivity index (χ3v) is 10.2. The van der Waals surface area contributed by atoms with Crippen LogP contribution in [0, 0.1) is 0 Å². The van der Waals surface area contributed by atoms with E-state index in [1.54, 1.807) is 0 Å². The molecule has 0 unspecified atom stereocenters. The fraction of sp³-hybridized carbons (Fsp3) is 0. The van der Waals surface area contributed by atoms with Crippen LogP contribution in [-0.4, -0.2) is 18.7 Å². The van der Waals surface area contributed by atoms with Crippen LogP contribution in [0.4, 0.5) is 0 Å². The first-order valence-electron chi connectivity index (χ1n) is 16.7. The number of hydrogen-bond acceptors (Lipinski definition) is 1. The third kappa shape index (κ3) is 3.66. The highest BCUT2D eigenvalue weighted by Crippen LogP contribution is 2.39. The summed E-state index contributed by atoms with van der Waals surface area (Å²) in [5.74, 6) is 1.75. The smallest absolute Gasteiger partial charge is 0.142 e. The van der Waals surface area contributed by atoms with E-state index in [2.05, 4.69) is 184 Å². The van der Waals surface area contributed by atoms with Crippen LogP contribution in [0.3, 0.4) is 0 Å². The Morgan fingerprint density at radius 3 is 1.22 bits per heavy atom. The average Bonchev–Trinajstić information content (AvgIpc) is 3.81. The summed E-state index contributed by atoms with van der Waals surface area (Å²) in [6.45, 7) is 0. The summed E-state index contributed by atoms with van der Waals surface area (Å²) in [6.07, 6.45) is 0. The highest BCUT2D eigenvalue weighted by atomic mass is 15.1.